The van der Waals surface area contributed by atoms with Crippen LogP contribution in [-0.4, -0.2) is 27.8 Å². The number of ether oxygens (including phenoxy) is 1. The Morgan fingerprint density at radius 2 is 2.29 bits per heavy atom. The fourth-order valence-corrected chi connectivity index (χ4v) is 3.32. The molecule has 7 nitrogen and oxygen atoms in total. The van der Waals surface area contributed by atoms with Crippen molar-refractivity contribution in [2.24, 2.45) is 7.05 Å². The van der Waals surface area contributed by atoms with Gasteiger partial charge in [-0.05, 0) is 32.0 Å². The summed E-state index contributed by atoms with van der Waals surface area (Å²) >= 11 is 1.30. The lowest BCUT2D eigenvalue weighted by Crippen LogP contribution is -2.35. The molecule has 1 atom stereocenters. The van der Waals surface area contributed by atoms with Gasteiger partial charge in [0.1, 0.15) is 15.5 Å². The summed E-state index contributed by atoms with van der Waals surface area (Å²) in [4.78, 5) is 25.6. The molecule has 3 aromatic heterocycles. The quantitative estimate of drug-likeness (QED) is 0.716. The first-order valence-electron chi connectivity index (χ1n) is 7.40. The highest BCUT2D eigenvalue weighted by atomic mass is 32.1. The number of aryl methyl sites for hydroxylation is 2. The molecule has 0 aliphatic carbocycles. The first kappa shape index (κ1) is 16.3. The molecule has 0 saturated heterocycles. The molecule has 0 aliphatic heterocycles. The zero-order valence-corrected chi connectivity index (χ0v) is 14.3. The van der Waals surface area contributed by atoms with Crippen molar-refractivity contribution >= 4 is 33.4 Å². The van der Waals surface area contributed by atoms with E-state index in [0.29, 0.717) is 10.6 Å². The standard InChI is InChI=1S/C16H17N3O4S/c1-9-12-7-13(24-15(12)19(3)18-9)16(21)23-10(2)14(20)17-8-11-5-4-6-22-11/h4-7,10H,8H2,1-3H3,(H,17,20)/t10-/m0/s1. The Kier molecular flexibility index (Phi) is 4.39. The SMILES string of the molecule is Cc1nn(C)c2sc(C(=O)O[C@@H](C)C(=O)NCc3ccco3)cc12. The van der Waals surface area contributed by atoms with Crippen LogP contribution in [-0.2, 0) is 23.1 Å². The number of rotatable bonds is 5. The van der Waals surface area contributed by atoms with Gasteiger partial charge in [0, 0.05) is 12.4 Å². The van der Waals surface area contributed by atoms with Crippen molar-refractivity contribution in [2.75, 3.05) is 0 Å². The van der Waals surface area contributed by atoms with E-state index in [0.717, 1.165) is 15.9 Å². The minimum absolute atomic E-state index is 0.251. The van der Waals surface area contributed by atoms with E-state index < -0.39 is 12.1 Å². The van der Waals surface area contributed by atoms with Crippen LogP contribution in [0.5, 0.6) is 0 Å². The summed E-state index contributed by atoms with van der Waals surface area (Å²) in [6, 6.07) is 5.24. The third kappa shape index (κ3) is 3.18. The Balaban J connectivity index is 1.62. The first-order valence-corrected chi connectivity index (χ1v) is 8.21. The first-order chi connectivity index (χ1) is 11.5. The van der Waals surface area contributed by atoms with Gasteiger partial charge in [-0.1, -0.05) is 0 Å². The van der Waals surface area contributed by atoms with Gasteiger partial charge in [0.15, 0.2) is 6.10 Å². The molecule has 0 spiro atoms. The van der Waals surface area contributed by atoms with E-state index in [1.54, 1.807) is 22.9 Å². The maximum atomic E-state index is 12.2. The van der Waals surface area contributed by atoms with E-state index in [1.165, 1.54) is 24.5 Å². The number of aromatic nitrogens is 2. The van der Waals surface area contributed by atoms with Gasteiger partial charge in [-0.2, -0.15) is 5.10 Å². The maximum Gasteiger partial charge on any atom is 0.349 e. The molecule has 1 amide bonds. The van der Waals surface area contributed by atoms with E-state index in [-0.39, 0.29) is 12.5 Å². The Hall–Kier alpha value is -2.61. The molecule has 8 heteroatoms. The van der Waals surface area contributed by atoms with Crippen molar-refractivity contribution < 1.29 is 18.7 Å². The topological polar surface area (TPSA) is 86.4 Å². The Morgan fingerprint density at radius 3 is 2.96 bits per heavy atom. The van der Waals surface area contributed by atoms with Crippen LogP contribution < -0.4 is 5.32 Å². The highest BCUT2D eigenvalue weighted by Gasteiger charge is 2.21. The normalized spacial score (nSPS) is 12.3. The number of nitrogens with one attached hydrogen (secondary N) is 1. The summed E-state index contributed by atoms with van der Waals surface area (Å²) in [5.74, 6) is -0.260. The van der Waals surface area contributed by atoms with Crippen LogP contribution in [0.3, 0.4) is 0 Å². The predicted octanol–water partition coefficient (Wildman–Crippen LogP) is 2.40. The highest BCUT2D eigenvalue weighted by Crippen LogP contribution is 2.28. The van der Waals surface area contributed by atoms with E-state index in [2.05, 4.69) is 10.4 Å². The van der Waals surface area contributed by atoms with Crippen LogP contribution >= 0.6 is 11.3 Å². The lowest BCUT2D eigenvalue weighted by atomic mass is 10.3. The Bertz CT molecular complexity index is 844. The monoisotopic (exact) mass is 347 g/mol. The van der Waals surface area contributed by atoms with Crippen molar-refractivity contribution in [3.8, 4) is 0 Å². The highest BCUT2D eigenvalue weighted by molar-refractivity contribution is 7.20. The molecule has 3 aromatic rings. The summed E-state index contributed by atoms with van der Waals surface area (Å²) in [6.45, 7) is 3.67. The second-order valence-electron chi connectivity index (χ2n) is 5.38. The Labute approximate surface area is 142 Å². The van der Waals surface area contributed by atoms with Gasteiger partial charge in [-0.25, -0.2) is 4.79 Å². The molecule has 0 fully saturated rings. The van der Waals surface area contributed by atoms with Crippen LogP contribution in [0.25, 0.3) is 10.2 Å². The third-order valence-electron chi connectivity index (χ3n) is 3.57. The minimum atomic E-state index is -0.892. The summed E-state index contributed by atoms with van der Waals surface area (Å²) in [6.07, 6.45) is 0.639. The van der Waals surface area contributed by atoms with Crippen LogP contribution in [0, 0.1) is 6.92 Å². The molecular weight excluding hydrogens is 330 g/mol. The number of amides is 1. The average molecular weight is 347 g/mol. The van der Waals surface area contributed by atoms with Gasteiger partial charge in [-0.15, -0.1) is 11.3 Å². The van der Waals surface area contributed by atoms with Gasteiger partial charge in [0.25, 0.3) is 5.91 Å². The maximum absolute atomic E-state index is 12.2. The molecule has 0 bridgehead atoms. The van der Waals surface area contributed by atoms with Crippen molar-refractivity contribution in [1.29, 1.82) is 0 Å². The van der Waals surface area contributed by atoms with Crippen molar-refractivity contribution in [2.45, 2.75) is 26.5 Å². The molecule has 0 unspecified atom stereocenters. The second kappa shape index (κ2) is 6.48. The predicted molar refractivity (Wildman–Crippen MR) is 88.8 cm³/mol. The number of furan rings is 1. The summed E-state index contributed by atoms with van der Waals surface area (Å²) in [7, 11) is 1.83. The zero-order chi connectivity index (χ0) is 17.3. The number of nitrogens with zero attached hydrogens (tertiary/aromatic N) is 2. The molecular formula is C16H17N3O4S. The van der Waals surface area contributed by atoms with Crippen LogP contribution in [0.15, 0.2) is 28.9 Å². The van der Waals surface area contributed by atoms with E-state index in [1.807, 2.05) is 14.0 Å². The minimum Gasteiger partial charge on any atom is -0.467 e. The molecule has 3 rings (SSSR count). The molecule has 0 saturated carbocycles. The van der Waals surface area contributed by atoms with Crippen LogP contribution in [0.1, 0.15) is 28.0 Å². The second-order valence-corrected chi connectivity index (χ2v) is 6.41. The van der Waals surface area contributed by atoms with Crippen LogP contribution in [0.2, 0.25) is 0 Å². The van der Waals surface area contributed by atoms with E-state index >= 15 is 0 Å². The summed E-state index contributed by atoms with van der Waals surface area (Å²) in [5.41, 5.74) is 0.854. The summed E-state index contributed by atoms with van der Waals surface area (Å²) < 4.78 is 12.1. The van der Waals surface area contributed by atoms with Gasteiger partial charge in [0.2, 0.25) is 0 Å². The zero-order valence-electron chi connectivity index (χ0n) is 13.5. The van der Waals surface area contributed by atoms with Crippen molar-refractivity contribution in [3.63, 3.8) is 0 Å². The van der Waals surface area contributed by atoms with E-state index in [4.69, 9.17) is 9.15 Å². The van der Waals surface area contributed by atoms with Gasteiger partial charge >= 0.3 is 5.97 Å². The molecule has 0 aliphatic rings. The molecule has 0 radical (unpaired) electrons. The lowest BCUT2D eigenvalue weighted by molar-refractivity contribution is -0.129. The molecule has 24 heavy (non-hydrogen) atoms. The van der Waals surface area contributed by atoms with Gasteiger partial charge in [0.05, 0.1) is 18.5 Å². The number of thiophene rings is 1. The number of fused-ring (bicyclic) bond motifs is 1. The number of hydrogen-bond acceptors (Lipinski definition) is 6. The Morgan fingerprint density at radius 1 is 1.50 bits per heavy atom. The largest absolute Gasteiger partial charge is 0.467 e. The summed E-state index contributed by atoms with van der Waals surface area (Å²) in [5, 5.41) is 7.87. The molecule has 1 N–H and O–H groups in total. The van der Waals surface area contributed by atoms with Crippen LogP contribution in [0.4, 0.5) is 0 Å². The third-order valence-corrected chi connectivity index (χ3v) is 4.75. The average Bonchev–Trinajstić information content (AvgIpc) is 3.25. The van der Waals surface area contributed by atoms with Gasteiger partial charge < -0.3 is 14.5 Å². The fourth-order valence-electron chi connectivity index (χ4n) is 2.31. The molecule has 126 valence electrons. The number of carbonyl (C=O) groups excluding carboxylic acids is 2. The van der Waals surface area contributed by atoms with E-state index in [9.17, 15) is 9.59 Å². The molecule has 0 aromatic carbocycles. The molecule has 3 heterocycles. The number of esters is 1. The fraction of sp³-hybridized carbons (Fsp3) is 0.312. The number of hydrogen-bond donors (Lipinski definition) is 1. The lowest BCUT2D eigenvalue weighted by Gasteiger charge is -2.12. The van der Waals surface area contributed by atoms with Gasteiger partial charge in [-0.3, -0.25) is 9.48 Å². The number of carbonyl (C=O) groups is 2. The smallest absolute Gasteiger partial charge is 0.349 e. The van der Waals surface area contributed by atoms with Crippen molar-refractivity contribution in [1.82, 2.24) is 15.1 Å². The van der Waals surface area contributed by atoms with Crippen molar-refractivity contribution in [3.05, 3.63) is 40.8 Å².